The van der Waals surface area contributed by atoms with Crippen molar-refractivity contribution in [2.24, 2.45) is 4.99 Å². The molecular formula is C22H31IN4O3S. The molecule has 1 saturated carbocycles. The number of sulfonamides is 1. The summed E-state index contributed by atoms with van der Waals surface area (Å²) in [4.78, 5) is 6.98. The molecule has 1 aliphatic carbocycles. The van der Waals surface area contributed by atoms with Crippen molar-refractivity contribution in [1.82, 2.24) is 14.9 Å². The van der Waals surface area contributed by atoms with Crippen LogP contribution < -0.4 is 14.8 Å². The Labute approximate surface area is 202 Å². The van der Waals surface area contributed by atoms with Gasteiger partial charge in [-0.2, -0.15) is 0 Å². The van der Waals surface area contributed by atoms with Crippen molar-refractivity contribution >= 4 is 40.0 Å². The van der Waals surface area contributed by atoms with Gasteiger partial charge in [-0.15, -0.1) is 24.0 Å². The summed E-state index contributed by atoms with van der Waals surface area (Å²) >= 11 is 0. The van der Waals surface area contributed by atoms with E-state index in [0.717, 1.165) is 36.7 Å². The van der Waals surface area contributed by atoms with Gasteiger partial charge in [0, 0.05) is 19.6 Å². The van der Waals surface area contributed by atoms with Crippen LogP contribution in [0.5, 0.6) is 5.75 Å². The second kappa shape index (κ2) is 12.3. The topological polar surface area (TPSA) is 83.0 Å². The van der Waals surface area contributed by atoms with Gasteiger partial charge >= 0.3 is 0 Å². The van der Waals surface area contributed by atoms with Crippen LogP contribution in [0.1, 0.15) is 25.3 Å². The van der Waals surface area contributed by atoms with Gasteiger partial charge in [0.2, 0.25) is 10.0 Å². The predicted octanol–water partition coefficient (Wildman–Crippen LogP) is 3.22. The van der Waals surface area contributed by atoms with Crippen LogP contribution in [0.3, 0.4) is 0 Å². The van der Waals surface area contributed by atoms with Crippen molar-refractivity contribution < 1.29 is 13.2 Å². The summed E-state index contributed by atoms with van der Waals surface area (Å²) in [6.45, 7) is 4.47. The van der Waals surface area contributed by atoms with Gasteiger partial charge in [-0.05, 0) is 49.6 Å². The second-order valence-corrected chi connectivity index (χ2v) is 9.01. The van der Waals surface area contributed by atoms with Gasteiger partial charge in [-0.3, -0.25) is 0 Å². The third kappa shape index (κ3) is 8.30. The third-order valence-corrected chi connectivity index (χ3v) is 6.22. The van der Waals surface area contributed by atoms with Crippen LogP contribution in [-0.2, 0) is 16.6 Å². The van der Waals surface area contributed by atoms with Gasteiger partial charge in [0.15, 0.2) is 5.96 Å². The minimum Gasteiger partial charge on any atom is -0.492 e. The number of hydrogen-bond acceptors (Lipinski definition) is 4. The molecule has 0 heterocycles. The highest BCUT2D eigenvalue weighted by Gasteiger charge is 2.27. The van der Waals surface area contributed by atoms with Crippen LogP contribution in [-0.4, -0.2) is 52.1 Å². The molecule has 0 amide bonds. The van der Waals surface area contributed by atoms with Crippen LogP contribution in [0.15, 0.2) is 64.5 Å². The Balaban J connectivity index is 0.00000341. The fourth-order valence-corrected chi connectivity index (χ4v) is 4.13. The molecule has 1 fully saturated rings. The number of benzene rings is 2. The summed E-state index contributed by atoms with van der Waals surface area (Å²) in [7, 11) is -1.45. The Kier molecular flexibility index (Phi) is 10.0. The van der Waals surface area contributed by atoms with E-state index in [-0.39, 0.29) is 30.0 Å². The molecule has 0 bridgehead atoms. The van der Waals surface area contributed by atoms with E-state index in [9.17, 15) is 8.42 Å². The number of hydrogen-bond donors (Lipinski definition) is 2. The maximum absolute atomic E-state index is 12.3. The molecule has 2 aromatic rings. The molecule has 2 aromatic carbocycles. The lowest BCUT2D eigenvalue weighted by molar-refractivity contribution is 0.281. The first-order valence-electron chi connectivity index (χ1n) is 10.3. The molecule has 0 aliphatic heterocycles. The second-order valence-electron chi connectivity index (χ2n) is 7.29. The normalized spacial score (nSPS) is 13.9. The predicted molar refractivity (Wildman–Crippen MR) is 135 cm³/mol. The smallest absolute Gasteiger partial charge is 0.240 e. The van der Waals surface area contributed by atoms with E-state index in [1.54, 1.807) is 12.1 Å². The summed E-state index contributed by atoms with van der Waals surface area (Å²) in [5, 5.41) is 3.28. The zero-order valence-electron chi connectivity index (χ0n) is 18.0. The third-order valence-electron chi connectivity index (χ3n) is 4.68. The molecule has 3 rings (SSSR count). The lowest BCUT2D eigenvalue weighted by Gasteiger charge is -2.22. The van der Waals surface area contributed by atoms with Gasteiger partial charge in [0.05, 0.1) is 18.0 Å². The zero-order valence-corrected chi connectivity index (χ0v) is 21.1. The SMILES string of the molecule is CCNC(=NCc1ccc(S(=O)(=O)NC2CC2)cc1)N(C)CCOc1ccccc1.I. The number of nitrogens with one attached hydrogen (secondary N) is 2. The Morgan fingerprint density at radius 1 is 1.13 bits per heavy atom. The number of nitrogens with zero attached hydrogens (tertiary/aromatic N) is 2. The van der Waals surface area contributed by atoms with Gasteiger partial charge in [0.1, 0.15) is 12.4 Å². The largest absolute Gasteiger partial charge is 0.492 e. The van der Waals surface area contributed by atoms with Crippen molar-refractivity contribution in [3.05, 3.63) is 60.2 Å². The molecule has 0 atom stereocenters. The first-order valence-corrected chi connectivity index (χ1v) is 11.7. The van der Waals surface area contributed by atoms with E-state index in [1.165, 1.54) is 0 Å². The molecule has 7 nitrogen and oxygen atoms in total. The Bertz CT molecular complexity index is 933. The number of likely N-dealkylation sites (N-methyl/N-ethyl adjacent to an activating group) is 1. The lowest BCUT2D eigenvalue weighted by atomic mass is 10.2. The summed E-state index contributed by atoms with van der Waals surface area (Å²) in [6, 6.07) is 16.7. The van der Waals surface area contributed by atoms with Crippen molar-refractivity contribution in [3.8, 4) is 5.75 Å². The molecule has 0 unspecified atom stereocenters. The molecule has 0 radical (unpaired) electrons. The Morgan fingerprint density at radius 2 is 1.81 bits per heavy atom. The van der Waals surface area contributed by atoms with Crippen LogP contribution in [0.25, 0.3) is 0 Å². The fraction of sp³-hybridized carbons (Fsp3) is 0.409. The van der Waals surface area contributed by atoms with Crippen molar-refractivity contribution in [1.29, 1.82) is 0 Å². The highest BCUT2D eigenvalue weighted by molar-refractivity contribution is 14.0. The number of ether oxygens (including phenoxy) is 1. The minimum absolute atomic E-state index is 0. The Morgan fingerprint density at radius 3 is 2.42 bits per heavy atom. The lowest BCUT2D eigenvalue weighted by Crippen LogP contribution is -2.40. The number of para-hydroxylation sites is 1. The van der Waals surface area contributed by atoms with Crippen LogP contribution in [0.4, 0.5) is 0 Å². The highest BCUT2D eigenvalue weighted by atomic mass is 127. The van der Waals surface area contributed by atoms with Crippen LogP contribution >= 0.6 is 24.0 Å². The molecule has 0 spiro atoms. The zero-order chi connectivity index (χ0) is 21.4. The van der Waals surface area contributed by atoms with Crippen LogP contribution in [0, 0.1) is 0 Å². The van der Waals surface area contributed by atoms with Crippen molar-refractivity contribution in [2.75, 3.05) is 26.7 Å². The van der Waals surface area contributed by atoms with Gasteiger partial charge in [-0.25, -0.2) is 18.1 Å². The van der Waals surface area contributed by atoms with E-state index in [1.807, 2.05) is 61.3 Å². The molecule has 0 saturated heterocycles. The van der Waals surface area contributed by atoms with E-state index >= 15 is 0 Å². The summed E-state index contributed by atoms with van der Waals surface area (Å²) in [5.74, 6) is 1.63. The van der Waals surface area contributed by atoms with Crippen LogP contribution in [0.2, 0.25) is 0 Å². The number of guanidine groups is 1. The molecule has 170 valence electrons. The average molecular weight is 558 g/mol. The fourth-order valence-electron chi connectivity index (χ4n) is 2.82. The highest BCUT2D eigenvalue weighted by Crippen LogP contribution is 2.22. The summed E-state index contributed by atoms with van der Waals surface area (Å²) in [5.41, 5.74) is 0.949. The molecule has 2 N–H and O–H groups in total. The maximum atomic E-state index is 12.3. The van der Waals surface area contributed by atoms with Gasteiger partial charge in [0.25, 0.3) is 0 Å². The first kappa shape index (κ1) is 25.4. The minimum atomic E-state index is -3.42. The molecular weight excluding hydrogens is 527 g/mol. The molecule has 1 aliphatic rings. The standard InChI is InChI=1S/C22H30N4O3S.HI/c1-3-23-22(26(2)15-16-29-20-7-5-4-6-8-20)24-17-18-9-13-21(14-10-18)30(27,28)25-19-11-12-19;/h4-10,13-14,19,25H,3,11-12,15-17H2,1-2H3,(H,23,24);1H. The van der Waals surface area contributed by atoms with Crippen molar-refractivity contribution in [3.63, 3.8) is 0 Å². The average Bonchev–Trinajstić information content (AvgIpc) is 3.55. The van der Waals surface area contributed by atoms with E-state index < -0.39 is 10.0 Å². The first-order chi connectivity index (χ1) is 14.5. The number of rotatable bonds is 10. The number of aliphatic imine (C=N–C) groups is 1. The maximum Gasteiger partial charge on any atom is 0.240 e. The summed E-state index contributed by atoms with van der Waals surface area (Å²) in [6.07, 6.45) is 1.84. The van der Waals surface area contributed by atoms with Gasteiger partial charge in [-0.1, -0.05) is 30.3 Å². The van der Waals surface area contributed by atoms with E-state index in [2.05, 4.69) is 15.0 Å². The van der Waals surface area contributed by atoms with E-state index in [0.29, 0.717) is 24.6 Å². The van der Waals surface area contributed by atoms with Crippen molar-refractivity contribution in [2.45, 2.75) is 37.2 Å². The molecule has 0 aromatic heterocycles. The van der Waals surface area contributed by atoms with E-state index in [4.69, 9.17) is 4.74 Å². The Hall–Kier alpha value is -1.85. The number of halogens is 1. The molecule has 9 heteroatoms. The monoisotopic (exact) mass is 558 g/mol. The molecule has 31 heavy (non-hydrogen) atoms. The quantitative estimate of drug-likeness (QED) is 0.266. The van der Waals surface area contributed by atoms with Gasteiger partial charge < -0.3 is 15.0 Å². The summed E-state index contributed by atoms with van der Waals surface area (Å²) < 4.78 is 33.0.